The normalized spacial score (nSPS) is 13.2. The first-order valence-electron chi connectivity index (χ1n) is 12.9. The average Bonchev–Trinajstić information content (AvgIpc) is 2.96. The number of hydrogen-bond acceptors (Lipinski definition) is 7. The maximum atomic E-state index is 13.5. The zero-order valence-electron chi connectivity index (χ0n) is 23.2. The van der Waals surface area contributed by atoms with E-state index in [1.54, 1.807) is 14.2 Å². The third kappa shape index (κ3) is 7.97. The number of nitrogens with zero attached hydrogens (tertiary/aromatic N) is 1. The Morgan fingerprint density at radius 3 is 1.92 bits per heavy atom. The first-order valence-corrected chi connectivity index (χ1v) is 12.9. The number of aliphatic hydroxyl groups excluding tert-OH is 1. The van der Waals surface area contributed by atoms with E-state index in [0.717, 1.165) is 22.6 Å². The number of anilines is 1. The van der Waals surface area contributed by atoms with E-state index in [2.05, 4.69) is 5.32 Å². The van der Waals surface area contributed by atoms with Gasteiger partial charge in [0.25, 0.3) is 5.91 Å². The standard InChI is InChI=1S/C31H38N2O6/c1-21(2)19-27(31(36)39-5)32-30(35)29(34)28(23-9-7-6-8-10-23)33(24-13-17-26(38-4)18-14-24)20-22-11-15-25(37-3)16-12-22/h6-18,21,27-29,34H,19-20H2,1-5H3,(H,32,35)/t27-,28+,29-/m0/s1. The number of nitrogens with one attached hydrogen (secondary N) is 1. The van der Waals surface area contributed by atoms with Crippen LogP contribution in [0.5, 0.6) is 11.5 Å². The molecule has 3 aromatic rings. The summed E-state index contributed by atoms with van der Waals surface area (Å²) in [5.74, 6) is 0.335. The van der Waals surface area contributed by atoms with Gasteiger partial charge in [0, 0.05) is 12.2 Å². The molecule has 0 fully saturated rings. The number of rotatable bonds is 13. The summed E-state index contributed by atoms with van der Waals surface area (Å²) in [5, 5.41) is 14.3. The summed E-state index contributed by atoms with van der Waals surface area (Å²) < 4.78 is 15.6. The molecule has 0 unspecified atom stereocenters. The minimum atomic E-state index is -1.51. The highest BCUT2D eigenvalue weighted by molar-refractivity contribution is 5.87. The van der Waals surface area contributed by atoms with Gasteiger partial charge >= 0.3 is 5.97 Å². The quantitative estimate of drug-likeness (QED) is 0.311. The number of carbonyl (C=O) groups excluding carboxylic acids is 2. The maximum Gasteiger partial charge on any atom is 0.328 e. The predicted molar refractivity (Wildman–Crippen MR) is 151 cm³/mol. The Morgan fingerprint density at radius 1 is 0.846 bits per heavy atom. The highest BCUT2D eigenvalue weighted by atomic mass is 16.5. The van der Waals surface area contributed by atoms with E-state index in [4.69, 9.17) is 14.2 Å². The summed E-state index contributed by atoms with van der Waals surface area (Å²) in [6.07, 6.45) is -1.12. The van der Waals surface area contributed by atoms with Crippen molar-refractivity contribution in [3.8, 4) is 11.5 Å². The van der Waals surface area contributed by atoms with Crippen molar-refractivity contribution in [2.24, 2.45) is 5.92 Å². The van der Waals surface area contributed by atoms with Gasteiger partial charge in [0.05, 0.1) is 27.4 Å². The van der Waals surface area contributed by atoms with E-state index < -0.39 is 30.1 Å². The number of hydrogen-bond donors (Lipinski definition) is 2. The number of esters is 1. The van der Waals surface area contributed by atoms with Crippen LogP contribution in [0.3, 0.4) is 0 Å². The highest BCUT2D eigenvalue weighted by Gasteiger charge is 2.35. The summed E-state index contributed by atoms with van der Waals surface area (Å²) in [7, 11) is 4.49. The van der Waals surface area contributed by atoms with Crippen molar-refractivity contribution in [1.29, 1.82) is 0 Å². The van der Waals surface area contributed by atoms with Crippen LogP contribution in [0.15, 0.2) is 78.9 Å². The molecular formula is C31H38N2O6. The van der Waals surface area contributed by atoms with E-state index in [9.17, 15) is 14.7 Å². The lowest BCUT2D eigenvalue weighted by Crippen LogP contribution is -2.50. The lowest BCUT2D eigenvalue weighted by atomic mass is 9.96. The predicted octanol–water partition coefficient (Wildman–Crippen LogP) is 4.52. The van der Waals surface area contributed by atoms with E-state index in [0.29, 0.717) is 18.7 Å². The number of benzene rings is 3. The first-order chi connectivity index (χ1) is 18.8. The molecule has 0 saturated heterocycles. The van der Waals surface area contributed by atoms with Crippen molar-refractivity contribution in [2.75, 3.05) is 26.2 Å². The monoisotopic (exact) mass is 534 g/mol. The van der Waals surface area contributed by atoms with Crippen LogP contribution in [0, 0.1) is 5.92 Å². The Kier molecular flexibility index (Phi) is 10.8. The molecular weight excluding hydrogens is 496 g/mol. The molecule has 3 rings (SSSR count). The molecule has 0 bridgehead atoms. The van der Waals surface area contributed by atoms with Gasteiger partial charge in [-0.2, -0.15) is 0 Å². The Bertz CT molecular complexity index is 1180. The molecule has 2 N–H and O–H groups in total. The molecule has 1 amide bonds. The Balaban J connectivity index is 2.04. The molecule has 0 aliphatic heterocycles. The molecule has 0 aromatic heterocycles. The van der Waals surface area contributed by atoms with Crippen LogP contribution in [0.25, 0.3) is 0 Å². The van der Waals surface area contributed by atoms with Crippen LogP contribution in [-0.4, -0.2) is 50.5 Å². The van der Waals surface area contributed by atoms with Gasteiger partial charge in [-0.3, -0.25) is 4.79 Å². The van der Waals surface area contributed by atoms with E-state index in [1.165, 1.54) is 7.11 Å². The number of ether oxygens (including phenoxy) is 3. The van der Waals surface area contributed by atoms with Crippen LogP contribution >= 0.6 is 0 Å². The van der Waals surface area contributed by atoms with Gasteiger partial charge in [-0.25, -0.2) is 4.79 Å². The smallest absolute Gasteiger partial charge is 0.328 e. The van der Waals surface area contributed by atoms with Gasteiger partial charge in [-0.1, -0.05) is 56.3 Å². The molecule has 0 aliphatic carbocycles. The number of amides is 1. The van der Waals surface area contributed by atoms with Gasteiger partial charge in [-0.05, 0) is 59.9 Å². The first kappa shape index (κ1) is 29.5. The van der Waals surface area contributed by atoms with E-state index >= 15 is 0 Å². The minimum absolute atomic E-state index is 0.127. The van der Waals surface area contributed by atoms with Crippen molar-refractivity contribution >= 4 is 17.6 Å². The second-order valence-electron chi connectivity index (χ2n) is 9.69. The van der Waals surface area contributed by atoms with Gasteiger partial charge in [0.2, 0.25) is 0 Å². The summed E-state index contributed by atoms with van der Waals surface area (Å²) >= 11 is 0. The highest BCUT2D eigenvalue weighted by Crippen LogP contribution is 2.33. The van der Waals surface area contributed by atoms with Crippen molar-refractivity contribution in [3.05, 3.63) is 90.0 Å². The van der Waals surface area contributed by atoms with E-state index in [-0.39, 0.29) is 5.92 Å². The second kappa shape index (κ2) is 14.2. The van der Waals surface area contributed by atoms with Gasteiger partial charge in [0.15, 0.2) is 6.10 Å². The van der Waals surface area contributed by atoms with Crippen molar-refractivity contribution in [1.82, 2.24) is 5.32 Å². The molecule has 0 heterocycles. The zero-order chi connectivity index (χ0) is 28.4. The molecule has 39 heavy (non-hydrogen) atoms. The van der Waals surface area contributed by atoms with Gasteiger partial charge in [-0.15, -0.1) is 0 Å². The molecule has 0 aliphatic rings. The Hall–Kier alpha value is -4.04. The lowest BCUT2D eigenvalue weighted by molar-refractivity contribution is -0.147. The topological polar surface area (TPSA) is 97.3 Å². The third-order valence-electron chi connectivity index (χ3n) is 6.47. The second-order valence-corrected chi connectivity index (χ2v) is 9.69. The molecule has 8 nitrogen and oxygen atoms in total. The van der Waals surface area contributed by atoms with Gasteiger partial charge < -0.3 is 29.5 Å². The van der Waals surface area contributed by atoms with Gasteiger partial charge in [0.1, 0.15) is 17.5 Å². The van der Waals surface area contributed by atoms with E-state index in [1.807, 2.05) is 97.6 Å². The molecule has 3 aromatic carbocycles. The lowest BCUT2D eigenvalue weighted by Gasteiger charge is -2.37. The zero-order valence-corrected chi connectivity index (χ0v) is 23.2. The molecule has 208 valence electrons. The summed E-state index contributed by atoms with van der Waals surface area (Å²) in [6, 6.07) is 22.8. The number of carbonyl (C=O) groups is 2. The molecule has 8 heteroatoms. The van der Waals surface area contributed by atoms with Crippen LogP contribution in [-0.2, 0) is 20.9 Å². The SMILES string of the molecule is COC(=O)[C@H](CC(C)C)NC(=O)[C@@H](O)[C@@H](c1ccccc1)N(Cc1ccc(OC)cc1)c1ccc(OC)cc1. The maximum absolute atomic E-state index is 13.5. The Morgan fingerprint density at radius 2 is 1.41 bits per heavy atom. The summed E-state index contributed by atoms with van der Waals surface area (Å²) in [5.41, 5.74) is 2.47. The fourth-order valence-corrected chi connectivity index (χ4v) is 4.46. The van der Waals surface area contributed by atoms with Crippen LogP contribution < -0.4 is 19.7 Å². The van der Waals surface area contributed by atoms with Crippen molar-refractivity contribution < 1.29 is 28.9 Å². The third-order valence-corrected chi connectivity index (χ3v) is 6.47. The minimum Gasteiger partial charge on any atom is -0.497 e. The van der Waals surface area contributed by atoms with Crippen molar-refractivity contribution in [2.45, 2.75) is 45.0 Å². The summed E-state index contributed by atoms with van der Waals surface area (Å²) in [6.45, 7) is 4.28. The Labute approximate surface area is 230 Å². The fraction of sp³-hybridized carbons (Fsp3) is 0.355. The number of methoxy groups -OCH3 is 3. The molecule has 0 radical (unpaired) electrons. The molecule has 3 atom stereocenters. The van der Waals surface area contributed by atoms with Crippen molar-refractivity contribution in [3.63, 3.8) is 0 Å². The fourth-order valence-electron chi connectivity index (χ4n) is 4.46. The largest absolute Gasteiger partial charge is 0.497 e. The summed E-state index contributed by atoms with van der Waals surface area (Å²) in [4.78, 5) is 27.9. The van der Waals surface area contributed by atoms with Crippen LogP contribution in [0.2, 0.25) is 0 Å². The van der Waals surface area contributed by atoms with Crippen LogP contribution in [0.4, 0.5) is 5.69 Å². The molecule has 0 saturated carbocycles. The number of aliphatic hydroxyl groups is 1. The average molecular weight is 535 g/mol. The molecule has 0 spiro atoms. The van der Waals surface area contributed by atoms with Crippen LogP contribution in [0.1, 0.15) is 37.4 Å².